The lowest BCUT2D eigenvalue weighted by atomic mass is 10.3. The van der Waals surface area contributed by atoms with Crippen LogP contribution in [0.4, 0.5) is 10.1 Å². The standard InChI is InChI=1S/C9H11BrFNO/c1-6(13)5-12-9-3-7(10)2-8(11)4-9/h2-4,6,12-13H,5H2,1H3/t6-/m0/s1. The van der Waals surface area contributed by atoms with Crippen molar-refractivity contribution in [2.75, 3.05) is 11.9 Å². The first-order chi connectivity index (χ1) is 6.08. The molecule has 0 saturated heterocycles. The third kappa shape index (κ3) is 3.74. The minimum atomic E-state index is -0.443. The fourth-order valence-electron chi connectivity index (χ4n) is 0.921. The Morgan fingerprint density at radius 1 is 1.54 bits per heavy atom. The van der Waals surface area contributed by atoms with Gasteiger partial charge in [-0.15, -0.1) is 0 Å². The maximum atomic E-state index is 12.8. The van der Waals surface area contributed by atoms with Crippen LogP contribution < -0.4 is 5.32 Å². The molecule has 2 nitrogen and oxygen atoms in total. The normalized spacial score (nSPS) is 12.6. The smallest absolute Gasteiger partial charge is 0.126 e. The number of hydrogen-bond acceptors (Lipinski definition) is 2. The zero-order valence-corrected chi connectivity index (χ0v) is 8.81. The molecule has 2 N–H and O–H groups in total. The van der Waals surface area contributed by atoms with Gasteiger partial charge in [0.15, 0.2) is 0 Å². The van der Waals surface area contributed by atoms with Crippen LogP contribution in [0.2, 0.25) is 0 Å². The molecule has 4 heteroatoms. The number of aliphatic hydroxyl groups excluding tert-OH is 1. The lowest BCUT2D eigenvalue weighted by Crippen LogP contribution is -2.15. The molecule has 0 saturated carbocycles. The third-order valence-corrected chi connectivity index (χ3v) is 1.92. The van der Waals surface area contributed by atoms with Gasteiger partial charge in [-0.05, 0) is 25.1 Å². The lowest BCUT2D eigenvalue weighted by molar-refractivity contribution is 0.208. The number of anilines is 1. The number of hydrogen-bond donors (Lipinski definition) is 2. The Balaban J connectivity index is 2.66. The highest BCUT2D eigenvalue weighted by molar-refractivity contribution is 9.10. The van der Waals surface area contributed by atoms with Crippen molar-refractivity contribution in [3.8, 4) is 0 Å². The van der Waals surface area contributed by atoms with Crippen LogP contribution >= 0.6 is 15.9 Å². The summed E-state index contributed by atoms with van der Waals surface area (Å²) in [6.07, 6.45) is -0.443. The van der Waals surface area contributed by atoms with E-state index >= 15 is 0 Å². The summed E-state index contributed by atoms with van der Waals surface area (Å²) in [7, 11) is 0. The third-order valence-electron chi connectivity index (χ3n) is 1.46. The minimum absolute atomic E-state index is 0.303. The van der Waals surface area contributed by atoms with Crippen molar-refractivity contribution in [3.05, 3.63) is 28.5 Å². The van der Waals surface area contributed by atoms with Gasteiger partial charge in [-0.25, -0.2) is 4.39 Å². The van der Waals surface area contributed by atoms with E-state index in [1.54, 1.807) is 13.0 Å². The highest BCUT2D eigenvalue weighted by Gasteiger charge is 1.99. The highest BCUT2D eigenvalue weighted by atomic mass is 79.9. The Morgan fingerprint density at radius 3 is 2.77 bits per heavy atom. The summed E-state index contributed by atoms with van der Waals surface area (Å²) in [5.74, 6) is -0.303. The molecule has 72 valence electrons. The molecule has 0 spiro atoms. The van der Waals surface area contributed by atoms with Crippen molar-refractivity contribution in [1.29, 1.82) is 0 Å². The molecule has 1 rings (SSSR count). The maximum absolute atomic E-state index is 12.8. The fourth-order valence-corrected chi connectivity index (χ4v) is 1.39. The molecule has 0 aromatic heterocycles. The van der Waals surface area contributed by atoms with E-state index in [0.29, 0.717) is 16.7 Å². The highest BCUT2D eigenvalue weighted by Crippen LogP contribution is 2.18. The van der Waals surface area contributed by atoms with Crippen LogP contribution in [0.1, 0.15) is 6.92 Å². The molecule has 0 fully saturated rings. The summed E-state index contributed by atoms with van der Waals surface area (Å²) < 4.78 is 13.5. The van der Waals surface area contributed by atoms with Gasteiger partial charge in [0.2, 0.25) is 0 Å². The van der Waals surface area contributed by atoms with Crippen molar-refractivity contribution in [3.63, 3.8) is 0 Å². The molecule has 0 aliphatic carbocycles. The summed E-state index contributed by atoms with van der Waals surface area (Å²) in [4.78, 5) is 0. The monoisotopic (exact) mass is 247 g/mol. The Labute approximate surface area is 84.9 Å². The SMILES string of the molecule is C[C@H](O)CNc1cc(F)cc(Br)c1. The zero-order valence-electron chi connectivity index (χ0n) is 7.22. The topological polar surface area (TPSA) is 32.3 Å². The first-order valence-electron chi connectivity index (χ1n) is 3.96. The van der Waals surface area contributed by atoms with Gasteiger partial charge in [0.1, 0.15) is 5.82 Å². The first-order valence-corrected chi connectivity index (χ1v) is 4.75. The Hall–Kier alpha value is -0.610. The van der Waals surface area contributed by atoms with Crippen LogP contribution in [0.15, 0.2) is 22.7 Å². The molecule has 0 aliphatic rings. The van der Waals surface area contributed by atoms with E-state index in [4.69, 9.17) is 5.11 Å². The number of aliphatic hydroxyl groups is 1. The average molecular weight is 248 g/mol. The van der Waals surface area contributed by atoms with E-state index in [0.717, 1.165) is 0 Å². The Kier molecular flexibility index (Phi) is 3.69. The molecule has 13 heavy (non-hydrogen) atoms. The van der Waals surface area contributed by atoms with Gasteiger partial charge in [0.05, 0.1) is 6.10 Å². The zero-order chi connectivity index (χ0) is 9.84. The second-order valence-corrected chi connectivity index (χ2v) is 3.80. The molecule has 1 aromatic carbocycles. The second-order valence-electron chi connectivity index (χ2n) is 2.89. The number of rotatable bonds is 3. The quantitative estimate of drug-likeness (QED) is 0.860. The molecule has 0 aliphatic heterocycles. The van der Waals surface area contributed by atoms with Gasteiger partial charge in [0.25, 0.3) is 0 Å². The van der Waals surface area contributed by atoms with E-state index in [9.17, 15) is 4.39 Å². The molecular formula is C9H11BrFNO. The minimum Gasteiger partial charge on any atom is -0.392 e. The number of halogens is 2. The van der Waals surface area contributed by atoms with E-state index in [1.165, 1.54) is 12.1 Å². The van der Waals surface area contributed by atoms with E-state index in [1.807, 2.05) is 0 Å². The summed E-state index contributed by atoms with van der Waals surface area (Å²) in [5.41, 5.74) is 0.660. The molecule has 0 bridgehead atoms. The van der Waals surface area contributed by atoms with Crippen LogP contribution in [-0.2, 0) is 0 Å². The van der Waals surface area contributed by atoms with Crippen LogP contribution in [-0.4, -0.2) is 17.8 Å². The van der Waals surface area contributed by atoms with Crippen molar-refractivity contribution >= 4 is 21.6 Å². The molecule has 0 unspecified atom stereocenters. The Bertz CT molecular complexity index is 271. The summed E-state index contributed by atoms with van der Waals surface area (Å²) in [6.45, 7) is 2.08. The largest absolute Gasteiger partial charge is 0.392 e. The van der Waals surface area contributed by atoms with Crippen LogP contribution in [0, 0.1) is 5.82 Å². The van der Waals surface area contributed by atoms with Crippen LogP contribution in [0.3, 0.4) is 0 Å². The molecule has 0 amide bonds. The van der Waals surface area contributed by atoms with Gasteiger partial charge < -0.3 is 10.4 Å². The summed E-state index contributed by atoms with van der Waals surface area (Å²) in [5, 5.41) is 11.9. The predicted molar refractivity (Wildman–Crippen MR) is 54.3 cm³/mol. The van der Waals surface area contributed by atoms with Crippen molar-refractivity contribution < 1.29 is 9.50 Å². The lowest BCUT2D eigenvalue weighted by Gasteiger charge is -2.08. The van der Waals surface area contributed by atoms with Crippen molar-refractivity contribution in [2.24, 2.45) is 0 Å². The van der Waals surface area contributed by atoms with E-state index in [-0.39, 0.29) is 5.82 Å². The molecular weight excluding hydrogens is 237 g/mol. The van der Waals surface area contributed by atoms with Crippen molar-refractivity contribution in [2.45, 2.75) is 13.0 Å². The van der Waals surface area contributed by atoms with E-state index < -0.39 is 6.10 Å². The van der Waals surface area contributed by atoms with Gasteiger partial charge >= 0.3 is 0 Å². The summed E-state index contributed by atoms with van der Waals surface area (Å²) in [6, 6.07) is 4.52. The van der Waals surface area contributed by atoms with Crippen LogP contribution in [0.5, 0.6) is 0 Å². The summed E-state index contributed by atoms with van der Waals surface area (Å²) >= 11 is 3.18. The maximum Gasteiger partial charge on any atom is 0.126 e. The number of benzene rings is 1. The second kappa shape index (κ2) is 4.58. The average Bonchev–Trinajstić information content (AvgIpc) is 1.99. The number of nitrogens with one attached hydrogen (secondary N) is 1. The van der Waals surface area contributed by atoms with E-state index in [2.05, 4.69) is 21.2 Å². The molecule has 0 heterocycles. The van der Waals surface area contributed by atoms with Crippen molar-refractivity contribution in [1.82, 2.24) is 0 Å². The van der Waals surface area contributed by atoms with Gasteiger partial charge in [0, 0.05) is 16.7 Å². The van der Waals surface area contributed by atoms with Gasteiger partial charge in [-0.1, -0.05) is 15.9 Å². The van der Waals surface area contributed by atoms with Crippen LogP contribution in [0.25, 0.3) is 0 Å². The predicted octanol–water partition coefficient (Wildman–Crippen LogP) is 2.38. The first kappa shape index (κ1) is 10.5. The fraction of sp³-hybridized carbons (Fsp3) is 0.333. The Morgan fingerprint density at radius 2 is 2.23 bits per heavy atom. The van der Waals surface area contributed by atoms with Gasteiger partial charge in [-0.2, -0.15) is 0 Å². The van der Waals surface area contributed by atoms with Gasteiger partial charge in [-0.3, -0.25) is 0 Å². The molecule has 1 atom stereocenters. The molecule has 1 aromatic rings. The molecule has 0 radical (unpaired) electrons.